The van der Waals surface area contributed by atoms with E-state index in [9.17, 15) is 22.8 Å². The zero-order chi connectivity index (χ0) is 23.7. The molecular weight excluding hydrogens is 440 g/mol. The number of sulfonamides is 1. The van der Waals surface area contributed by atoms with E-state index in [4.69, 9.17) is 14.6 Å². The van der Waals surface area contributed by atoms with E-state index in [2.05, 4.69) is 15.3 Å². The third-order valence-corrected chi connectivity index (χ3v) is 5.22. The number of nitrogens with one attached hydrogen (secondary N) is 3. The molecule has 0 bridgehead atoms. The summed E-state index contributed by atoms with van der Waals surface area (Å²) in [6, 6.07) is 6.63. The minimum absolute atomic E-state index is 0.102. The molecule has 0 fully saturated rings. The van der Waals surface area contributed by atoms with Crippen molar-refractivity contribution in [1.29, 1.82) is 0 Å². The van der Waals surface area contributed by atoms with E-state index >= 15 is 0 Å². The average Bonchev–Trinajstić information content (AvgIpc) is 3.08. The van der Waals surface area contributed by atoms with Crippen molar-refractivity contribution < 1.29 is 27.5 Å². The first-order valence-corrected chi connectivity index (χ1v) is 11.3. The van der Waals surface area contributed by atoms with Crippen LogP contribution in [0.15, 0.2) is 34.1 Å². The molecule has 5 N–H and O–H groups in total. The number of aromatic nitrogens is 2. The van der Waals surface area contributed by atoms with Crippen LogP contribution in [0, 0.1) is 0 Å². The fourth-order valence-corrected chi connectivity index (χ4v) is 3.85. The number of alkyl carbamates (subject to hydrolysis) is 1. The van der Waals surface area contributed by atoms with Gasteiger partial charge in [-0.15, -0.1) is 0 Å². The topological polar surface area (TPSA) is 173 Å². The number of amides is 1. The minimum atomic E-state index is -4.37. The minimum Gasteiger partial charge on any atom is -0.462 e. The molecule has 3 rings (SSSR count). The summed E-state index contributed by atoms with van der Waals surface area (Å²) in [6.07, 6.45) is -0.359. The van der Waals surface area contributed by atoms with Gasteiger partial charge in [0.15, 0.2) is 5.03 Å². The fraction of sp³-hybridized carbons (Fsp3) is 0.350. The monoisotopic (exact) mass is 464 g/mol. The van der Waals surface area contributed by atoms with Crippen LogP contribution in [-0.2, 0) is 19.5 Å². The maximum absolute atomic E-state index is 12.8. The van der Waals surface area contributed by atoms with Crippen LogP contribution in [0.3, 0.4) is 0 Å². The molecule has 0 aliphatic heterocycles. The number of ether oxygens (including phenoxy) is 2. The number of H-pyrrole nitrogens is 2. The van der Waals surface area contributed by atoms with Crippen molar-refractivity contribution in [3.8, 4) is 0 Å². The third kappa shape index (κ3) is 5.08. The number of pyridine rings is 1. The first-order valence-electron chi connectivity index (χ1n) is 9.72. The van der Waals surface area contributed by atoms with Crippen LogP contribution in [0.4, 0.5) is 4.79 Å². The van der Waals surface area contributed by atoms with Crippen molar-refractivity contribution in [3.63, 3.8) is 0 Å². The molecule has 0 saturated heterocycles. The SMILES string of the molecule is CC(C)(C)OC(=O)NCCCOC(=O)c1c(S(N)(=O)=O)[nH]c2c(=O)[nH]c3ccccc3c12. The molecule has 2 heterocycles. The summed E-state index contributed by atoms with van der Waals surface area (Å²) in [5.74, 6) is -0.965. The molecule has 0 aliphatic rings. The lowest BCUT2D eigenvalue weighted by Gasteiger charge is -2.19. The average molecular weight is 465 g/mol. The second-order valence-corrected chi connectivity index (χ2v) is 9.54. The molecule has 11 nitrogen and oxygen atoms in total. The van der Waals surface area contributed by atoms with Crippen molar-refractivity contribution in [2.45, 2.75) is 37.8 Å². The van der Waals surface area contributed by atoms with Crippen molar-refractivity contribution in [2.75, 3.05) is 13.2 Å². The van der Waals surface area contributed by atoms with Gasteiger partial charge in [-0.2, -0.15) is 0 Å². The third-order valence-electron chi connectivity index (χ3n) is 4.35. The number of esters is 1. The first-order chi connectivity index (χ1) is 14.9. The zero-order valence-electron chi connectivity index (χ0n) is 17.8. The Hall–Kier alpha value is -3.38. The van der Waals surface area contributed by atoms with Crippen LogP contribution in [0.25, 0.3) is 21.8 Å². The molecule has 0 unspecified atom stereocenters. The predicted molar refractivity (Wildman–Crippen MR) is 117 cm³/mol. The lowest BCUT2D eigenvalue weighted by molar-refractivity contribution is 0.0481. The predicted octanol–water partition coefficient (Wildman–Crippen LogP) is 1.73. The molecule has 0 saturated carbocycles. The van der Waals surface area contributed by atoms with Crippen LogP contribution in [0.5, 0.6) is 0 Å². The summed E-state index contributed by atoms with van der Waals surface area (Å²) in [7, 11) is -4.37. The Morgan fingerprint density at radius 1 is 1.16 bits per heavy atom. The van der Waals surface area contributed by atoms with Crippen molar-refractivity contribution in [1.82, 2.24) is 15.3 Å². The lowest BCUT2D eigenvalue weighted by atomic mass is 10.1. The number of primary sulfonamides is 1. The Morgan fingerprint density at radius 3 is 2.50 bits per heavy atom. The maximum Gasteiger partial charge on any atom is 0.407 e. The summed E-state index contributed by atoms with van der Waals surface area (Å²) in [5, 5.41) is 7.75. The van der Waals surface area contributed by atoms with Crippen LogP contribution in [0.1, 0.15) is 37.6 Å². The van der Waals surface area contributed by atoms with Gasteiger partial charge in [0.05, 0.1) is 6.61 Å². The van der Waals surface area contributed by atoms with Crippen molar-refractivity contribution in [3.05, 3.63) is 40.2 Å². The first kappa shape index (κ1) is 23.3. The number of benzene rings is 1. The highest BCUT2D eigenvalue weighted by molar-refractivity contribution is 7.89. The van der Waals surface area contributed by atoms with Crippen molar-refractivity contribution in [2.24, 2.45) is 5.14 Å². The highest BCUT2D eigenvalue weighted by atomic mass is 32.2. The van der Waals surface area contributed by atoms with Gasteiger partial charge < -0.3 is 24.8 Å². The Bertz CT molecular complexity index is 1350. The molecular formula is C20H24N4O7S. The molecule has 0 spiro atoms. The number of carbonyl (C=O) groups is 2. The van der Waals surface area contributed by atoms with Gasteiger partial charge in [0.2, 0.25) is 0 Å². The molecule has 0 atom stereocenters. The molecule has 0 aliphatic carbocycles. The Labute approximate surface area is 183 Å². The van der Waals surface area contributed by atoms with E-state index in [-0.39, 0.29) is 36.0 Å². The van der Waals surface area contributed by atoms with Crippen molar-refractivity contribution >= 4 is 43.9 Å². The van der Waals surface area contributed by atoms with Gasteiger partial charge in [0, 0.05) is 22.8 Å². The van der Waals surface area contributed by atoms with Crippen LogP contribution >= 0.6 is 0 Å². The Morgan fingerprint density at radius 2 is 1.84 bits per heavy atom. The van der Waals surface area contributed by atoms with Gasteiger partial charge in [0.1, 0.15) is 16.7 Å². The summed E-state index contributed by atoms with van der Waals surface area (Å²) < 4.78 is 34.5. The summed E-state index contributed by atoms with van der Waals surface area (Å²) in [4.78, 5) is 42.0. The number of fused-ring (bicyclic) bond motifs is 3. The van der Waals surface area contributed by atoms with E-state index in [0.717, 1.165) is 0 Å². The zero-order valence-corrected chi connectivity index (χ0v) is 18.6. The summed E-state index contributed by atoms with van der Waals surface area (Å²) >= 11 is 0. The summed E-state index contributed by atoms with van der Waals surface area (Å²) in [6.45, 7) is 5.24. The number of carbonyl (C=O) groups excluding carboxylic acids is 2. The van der Waals surface area contributed by atoms with E-state index in [1.165, 1.54) is 0 Å². The van der Waals surface area contributed by atoms with Gasteiger partial charge in [-0.1, -0.05) is 18.2 Å². The van der Waals surface area contributed by atoms with Gasteiger partial charge in [-0.05, 0) is 33.3 Å². The molecule has 0 radical (unpaired) electrons. The van der Waals surface area contributed by atoms with Gasteiger partial charge in [-0.25, -0.2) is 23.1 Å². The molecule has 12 heteroatoms. The molecule has 2 aromatic heterocycles. The molecule has 172 valence electrons. The molecule has 3 aromatic rings. The number of hydrogen-bond donors (Lipinski definition) is 4. The highest BCUT2D eigenvalue weighted by Gasteiger charge is 2.29. The number of nitrogens with two attached hydrogens (primary N) is 1. The number of rotatable bonds is 6. The van der Waals surface area contributed by atoms with Gasteiger partial charge in [0.25, 0.3) is 15.6 Å². The number of aromatic amines is 2. The summed E-state index contributed by atoms with van der Waals surface area (Å²) in [5.41, 5.74) is -1.28. The highest BCUT2D eigenvalue weighted by Crippen LogP contribution is 2.29. The second kappa shape index (κ2) is 8.63. The molecule has 32 heavy (non-hydrogen) atoms. The number of hydrogen-bond acceptors (Lipinski definition) is 7. The molecule has 1 amide bonds. The van der Waals surface area contributed by atoms with Crippen LogP contribution < -0.4 is 16.0 Å². The van der Waals surface area contributed by atoms with Gasteiger partial charge >= 0.3 is 12.1 Å². The van der Waals surface area contributed by atoms with E-state index in [0.29, 0.717) is 10.9 Å². The normalized spacial score (nSPS) is 12.1. The second-order valence-electron chi connectivity index (χ2n) is 8.04. The van der Waals surface area contributed by atoms with E-state index < -0.39 is 38.3 Å². The maximum atomic E-state index is 12.8. The Balaban J connectivity index is 1.85. The standard InChI is InChI=1S/C20H24N4O7S/c1-20(2,3)31-19(27)22-9-6-10-30-18(26)14-13-11-7-4-5-8-12(11)23-16(25)15(13)24-17(14)32(21,28)29/h4-5,7-8,24H,6,9-10H2,1-3H3,(H,22,27)(H,23,25)(H2,21,28,29). The Kier molecular flexibility index (Phi) is 6.28. The molecule has 1 aromatic carbocycles. The van der Waals surface area contributed by atoms with Gasteiger partial charge in [-0.3, -0.25) is 4.79 Å². The quantitative estimate of drug-likeness (QED) is 0.317. The largest absolute Gasteiger partial charge is 0.462 e. The number of para-hydroxylation sites is 1. The van der Waals surface area contributed by atoms with E-state index in [1.54, 1.807) is 45.0 Å². The van der Waals surface area contributed by atoms with E-state index in [1.807, 2.05) is 0 Å². The fourth-order valence-electron chi connectivity index (χ4n) is 3.13. The van der Waals surface area contributed by atoms with Crippen LogP contribution in [0.2, 0.25) is 0 Å². The lowest BCUT2D eigenvalue weighted by Crippen LogP contribution is -2.33. The smallest absolute Gasteiger partial charge is 0.407 e. The van der Waals surface area contributed by atoms with Crippen LogP contribution in [-0.4, -0.2) is 49.2 Å².